The Balaban J connectivity index is 1.57. The van der Waals surface area contributed by atoms with Gasteiger partial charge < -0.3 is 19.3 Å². The lowest BCUT2D eigenvalue weighted by Crippen LogP contribution is -2.34. The number of rotatable bonds is 4. The Morgan fingerprint density at radius 3 is 3.05 bits per heavy atom. The number of hydrogen-bond acceptors (Lipinski definition) is 5. The first kappa shape index (κ1) is 14.4. The summed E-state index contributed by atoms with van der Waals surface area (Å²) in [6, 6.07) is 7.43. The quantitative estimate of drug-likeness (QED) is 0.934. The van der Waals surface area contributed by atoms with Crippen LogP contribution in [0.2, 0.25) is 0 Å². The highest BCUT2D eigenvalue weighted by Gasteiger charge is 2.21. The Kier molecular flexibility index (Phi) is 4.00. The van der Waals surface area contributed by atoms with Crippen molar-refractivity contribution in [2.45, 2.75) is 13.3 Å². The summed E-state index contributed by atoms with van der Waals surface area (Å²) in [7, 11) is 1.63. The van der Waals surface area contributed by atoms with Gasteiger partial charge in [-0.15, -0.1) is 0 Å². The van der Waals surface area contributed by atoms with E-state index in [0.29, 0.717) is 24.6 Å². The first-order valence-electron chi connectivity index (χ1n) is 7.17. The number of nitrogens with zero attached hydrogens (tertiary/aromatic N) is 1. The highest BCUT2D eigenvalue weighted by atomic mass is 16.5. The highest BCUT2D eigenvalue weighted by molar-refractivity contribution is 5.92. The SMILES string of the molecule is COc1ccc2c(c1)OC[C@@H](CNC(=O)c1cc(C)on1)C2. The molecule has 1 aliphatic rings. The molecule has 0 fully saturated rings. The molecule has 0 unspecified atom stereocenters. The molecule has 1 N–H and O–H groups in total. The standard InChI is InChI=1S/C16H18N2O4/c1-10-5-14(18-22-10)16(19)17-8-11-6-12-3-4-13(20-2)7-15(12)21-9-11/h3-5,7,11H,6,8-9H2,1-2H3,(H,17,19)/t11-/m1/s1. The van der Waals surface area contributed by atoms with E-state index in [9.17, 15) is 4.79 Å². The van der Waals surface area contributed by atoms with E-state index < -0.39 is 0 Å². The van der Waals surface area contributed by atoms with Gasteiger partial charge >= 0.3 is 0 Å². The average molecular weight is 302 g/mol. The van der Waals surface area contributed by atoms with Gasteiger partial charge in [0.25, 0.3) is 5.91 Å². The number of amides is 1. The van der Waals surface area contributed by atoms with E-state index in [4.69, 9.17) is 14.0 Å². The average Bonchev–Trinajstić information content (AvgIpc) is 2.98. The van der Waals surface area contributed by atoms with E-state index in [1.54, 1.807) is 20.1 Å². The first-order valence-corrected chi connectivity index (χ1v) is 7.17. The third-order valence-corrected chi connectivity index (χ3v) is 3.67. The molecular weight excluding hydrogens is 284 g/mol. The minimum atomic E-state index is -0.225. The second-order valence-corrected chi connectivity index (χ2v) is 5.39. The zero-order valence-electron chi connectivity index (χ0n) is 12.6. The molecular formula is C16H18N2O4. The lowest BCUT2D eigenvalue weighted by atomic mass is 9.96. The molecule has 2 heterocycles. The van der Waals surface area contributed by atoms with Crippen LogP contribution >= 0.6 is 0 Å². The molecule has 0 aliphatic carbocycles. The second-order valence-electron chi connectivity index (χ2n) is 5.39. The fraction of sp³-hybridized carbons (Fsp3) is 0.375. The molecule has 2 aromatic rings. The monoisotopic (exact) mass is 302 g/mol. The molecule has 22 heavy (non-hydrogen) atoms. The van der Waals surface area contributed by atoms with Crippen LogP contribution in [-0.2, 0) is 6.42 Å². The lowest BCUT2D eigenvalue weighted by molar-refractivity contribution is 0.0930. The predicted octanol–water partition coefficient (Wildman–Crippen LogP) is 1.97. The van der Waals surface area contributed by atoms with Crippen molar-refractivity contribution in [3.05, 3.63) is 41.3 Å². The Morgan fingerprint density at radius 1 is 1.45 bits per heavy atom. The van der Waals surface area contributed by atoms with E-state index in [1.807, 2.05) is 18.2 Å². The number of nitrogens with one attached hydrogen (secondary N) is 1. The normalized spacial score (nSPS) is 16.5. The summed E-state index contributed by atoms with van der Waals surface area (Å²) in [4.78, 5) is 11.9. The van der Waals surface area contributed by atoms with Gasteiger partial charge in [0.15, 0.2) is 5.69 Å². The van der Waals surface area contributed by atoms with Crippen molar-refractivity contribution in [2.24, 2.45) is 5.92 Å². The van der Waals surface area contributed by atoms with Gasteiger partial charge in [-0.05, 0) is 25.0 Å². The topological polar surface area (TPSA) is 73.6 Å². The van der Waals surface area contributed by atoms with Crippen LogP contribution < -0.4 is 14.8 Å². The predicted molar refractivity (Wildman–Crippen MR) is 79.3 cm³/mol. The number of hydrogen-bond donors (Lipinski definition) is 1. The molecule has 0 spiro atoms. The van der Waals surface area contributed by atoms with E-state index >= 15 is 0 Å². The summed E-state index contributed by atoms with van der Waals surface area (Å²) < 4.78 is 15.8. The molecule has 3 rings (SSSR count). The molecule has 0 saturated heterocycles. The molecule has 1 aromatic carbocycles. The van der Waals surface area contributed by atoms with Crippen LogP contribution in [-0.4, -0.2) is 31.3 Å². The molecule has 0 radical (unpaired) electrons. The Hall–Kier alpha value is -2.50. The lowest BCUT2D eigenvalue weighted by Gasteiger charge is -2.25. The van der Waals surface area contributed by atoms with Crippen molar-refractivity contribution < 1.29 is 18.8 Å². The van der Waals surface area contributed by atoms with Crippen LogP contribution in [0.4, 0.5) is 0 Å². The van der Waals surface area contributed by atoms with Crippen LogP contribution in [0.25, 0.3) is 0 Å². The number of benzene rings is 1. The zero-order valence-corrected chi connectivity index (χ0v) is 12.6. The maximum Gasteiger partial charge on any atom is 0.273 e. The molecule has 0 bridgehead atoms. The van der Waals surface area contributed by atoms with Gasteiger partial charge in [0.1, 0.15) is 17.3 Å². The summed E-state index contributed by atoms with van der Waals surface area (Å²) in [6.07, 6.45) is 0.859. The molecule has 0 saturated carbocycles. The summed E-state index contributed by atoms with van der Waals surface area (Å²) >= 11 is 0. The minimum absolute atomic E-state index is 0.225. The highest BCUT2D eigenvalue weighted by Crippen LogP contribution is 2.30. The molecule has 1 atom stereocenters. The number of fused-ring (bicyclic) bond motifs is 1. The number of ether oxygens (including phenoxy) is 2. The number of carbonyl (C=O) groups excluding carboxylic acids is 1. The maximum atomic E-state index is 11.9. The fourth-order valence-electron chi connectivity index (χ4n) is 2.47. The Labute approximate surface area is 128 Å². The summed E-state index contributed by atoms with van der Waals surface area (Å²) in [5.41, 5.74) is 1.43. The fourth-order valence-corrected chi connectivity index (χ4v) is 2.47. The van der Waals surface area contributed by atoms with Crippen LogP contribution in [0, 0.1) is 12.8 Å². The van der Waals surface area contributed by atoms with Crippen molar-refractivity contribution in [2.75, 3.05) is 20.3 Å². The number of aryl methyl sites for hydroxylation is 1. The van der Waals surface area contributed by atoms with Crippen LogP contribution in [0.3, 0.4) is 0 Å². The third-order valence-electron chi connectivity index (χ3n) is 3.67. The second kappa shape index (κ2) is 6.09. The van der Waals surface area contributed by atoms with Crippen LogP contribution in [0.5, 0.6) is 11.5 Å². The maximum absolute atomic E-state index is 11.9. The summed E-state index contributed by atoms with van der Waals surface area (Å²) in [6.45, 7) is 2.86. The Morgan fingerprint density at radius 2 is 2.32 bits per heavy atom. The van der Waals surface area contributed by atoms with Crippen molar-refractivity contribution in [3.8, 4) is 11.5 Å². The van der Waals surface area contributed by atoms with Gasteiger partial charge in [-0.25, -0.2) is 0 Å². The summed E-state index contributed by atoms with van der Waals surface area (Å²) in [5, 5.41) is 6.57. The smallest absolute Gasteiger partial charge is 0.273 e. The van der Waals surface area contributed by atoms with Crippen molar-refractivity contribution in [1.82, 2.24) is 10.5 Å². The van der Waals surface area contributed by atoms with Crippen molar-refractivity contribution in [1.29, 1.82) is 0 Å². The van der Waals surface area contributed by atoms with Gasteiger partial charge in [-0.3, -0.25) is 4.79 Å². The van der Waals surface area contributed by atoms with Gasteiger partial charge in [0.2, 0.25) is 0 Å². The van der Waals surface area contributed by atoms with E-state index in [2.05, 4.69) is 10.5 Å². The molecule has 6 heteroatoms. The van der Waals surface area contributed by atoms with Crippen molar-refractivity contribution >= 4 is 5.91 Å². The number of methoxy groups -OCH3 is 1. The van der Waals surface area contributed by atoms with E-state index in [0.717, 1.165) is 23.5 Å². The largest absolute Gasteiger partial charge is 0.497 e. The molecule has 1 aromatic heterocycles. The Bertz CT molecular complexity index is 681. The van der Waals surface area contributed by atoms with Gasteiger partial charge in [0.05, 0.1) is 13.7 Å². The number of carbonyl (C=O) groups is 1. The van der Waals surface area contributed by atoms with E-state index in [-0.39, 0.29) is 11.8 Å². The molecule has 116 valence electrons. The molecule has 1 aliphatic heterocycles. The van der Waals surface area contributed by atoms with E-state index in [1.165, 1.54) is 0 Å². The van der Waals surface area contributed by atoms with Crippen molar-refractivity contribution in [3.63, 3.8) is 0 Å². The molecule has 1 amide bonds. The summed E-state index contributed by atoms with van der Waals surface area (Å²) in [5.74, 6) is 2.27. The van der Waals surface area contributed by atoms with Crippen LogP contribution in [0.1, 0.15) is 21.8 Å². The zero-order chi connectivity index (χ0) is 15.5. The first-order chi connectivity index (χ1) is 10.7. The van der Waals surface area contributed by atoms with Gasteiger partial charge in [0, 0.05) is 24.6 Å². The minimum Gasteiger partial charge on any atom is -0.497 e. The van der Waals surface area contributed by atoms with Gasteiger partial charge in [-0.1, -0.05) is 11.2 Å². The van der Waals surface area contributed by atoms with Crippen LogP contribution in [0.15, 0.2) is 28.8 Å². The number of aromatic nitrogens is 1. The third kappa shape index (κ3) is 3.05. The molecule has 6 nitrogen and oxygen atoms in total. The van der Waals surface area contributed by atoms with Gasteiger partial charge in [-0.2, -0.15) is 0 Å².